The number of aromatic nitrogens is 2. The summed E-state index contributed by atoms with van der Waals surface area (Å²) in [6.07, 6.45) is 3.76. The zero-order valence-electron chi connectivity index (χ0n) is 11.7. The molecule has 20 heavy (non-hydrogen) atoms. The molecule has 8 heteroatoms. The van der Waals surface area contributed by atoms with Gasteiger partial charge in [0.2, 0.25) is 10.0 Å². The zero-order valence-corrected chi connectivity index (χ0v) is 13.3. The number of aromatic amines is 1. The van der Waals surface area contributed by atoms with Gasteiger partial charge in [-0.1, -0.05) is 6.07 Å². The van der Waals surface area contributed by atoms with Gasteiger partial charge < -0.3 is 4.90 Å². The van der Waals surface area contributed by atoms with E-state index in [-0.39, 0.29) is 12.4 Å². The van der Waals surface area contributed by atoms with Crippen LogP contribution in [0.15, 0.2) is 18.3 Å². The van der Waals surface area contributed by atoms with Gasteiger partial charge in [0.1, 0.15) is 0 Å². The number of halogens is 1. The topological polar surface area (TPSA) is 78.1 Å². The Morgan fingerprint density at radius 2 is 2.05 bits per heavy atom. The molecule has 0 unspecified atom stereocenters. The highest BCUT2D eigenvalue weighted by atomic mass is 35.5. The normalized spacial score (nSPS) is 11.6. The first-order valence-corrected chi connectivity index (χ1v) is 7.83. The Labute approximate surface area is 125 Å². The van der Waals surface area contributed by atoms with Crippen molar-refractivity contribution < 1.29 is 8.42 Å². The van der Waals surface area contributed by atoms with Crippen LogP contribution in [-0.4, -0.2) is 50.4 Å². The predicted molar refractivity (Wildman–Crippen MR) is 84.1 cm³/mol. The second-order valence-electron chi connectivity index (χ2n) is 4.86. The summed E-state index contributed by atoms with van der Waals surface area (Å²) in [6, 6.07) is 3.71. The van der Waals surface area contributed by atoms with Crippen LogP contribution in [0, 0.1) is 0 Å². The third kappa shape index (κ3) is 4.09. The quantitative estimate of drug-likeness (QED) is 0.875. The molecular formula is C12H19ClN4O2S. The Balaban J connectivity index is 0.00000200. The van der Waals surface area contributed by atoms with Crippen LogP contribution in [0.4, 0.5) is 5.69 Å². The fourth-order valence-electron chi connectivity index (χ4n) is 1.94. The fourth-order valence-corrected chi connectivity index (χ4v) is 2.51. The van der Waals surface area contributed by atoms with Gasteiger partial charge in [-0.25, -0.2) is 8.42 Å². The number of nitrogens with zero attached hydrogens (tertiary/aromatic N) is 2. The van der Waals surface area contributed by atoms with E-state index in [9.17, 15) is 8.42 Å². The van der Waals surface area contributed by atoms with Crippen molar-refractivity contribution in [3.63, 3.8) is 0 Å². The molecule has 1 aromatic heterocycles. The van der Waals surface area contributed by atoms with E-state index in [0.717, 1.165) is 35.7 Å². The molecule has 0 atom stereocenters. The number of hydrogen-bond donors (Lipinski definition) is 2. The maximum Gasteiger partial charge on any atom is 0.229 e. The maximum absolute atomic E-state index is 11.3. The lowest BCUT2D eigenvalue weighted by Crippen LogP contribution is -2.15. The number of likely N-dealkylation sites (N-methyl/N-ethyl adjacent to an activating group) is 1. The van der Waals surface area contributed by atoms with Crippen molar-refractivity contribution in [3.05, 3.63) is 23.9 Å². The van der Waals surface area contributed by atoms with E-state index < -0.39 is 10.0 Å². The third-order valence-electron chi connectivity index (χ3n) is 2.83. The van der Waals surface area contributed by atoms with Crippen molar-refractivity contribution in [2.75, 3.05) is 31.6 Å². The molecule has 0 bridgehead atoms. The van der Waals surface area contributed by atoms with E-state index in [4.69, 9.17) is 0 Å². The smallest absolute Gasteiger partial charge is 0.229 e. The Bertz CT molecular complexity index is 682. The molecule has 0 aliphatic heterocycles. The van der Waals surface area contributed by atoms with Crippen LogP contribution in [0.25, 0.3) is 10.9 Å². The summed E-state index contributed by atoms with van der Waals surface area (Å²) >= 11 is 0. The monoisotopic (exact) mass is 318 g/mol. The summed E-state index contributed by atoms with van der Waals surface area (Å²) in [4.78, 5) is 2.11. The molecule has 0 amide bonds. The lowest BCUT2D eigenvalue weighted by molar-refractivity contribution is 0.414. The van der Waals surface area contributed by atoms with E-state index >= 15 is 0 Å². The van der Waals surface area contributed by atoms with Crippen LogP contribution in [-0.2, 0) is 16.4 Å². The Hall–Kier alpha value is -1.31. The molecule has 0 saturated carbocycles. The third-order valence-corrected chi connectivity index (χ3v) is 3.42. The number of fused-ring (bicyclic) bond motifs is 1. The molecular weight excluding hydrogens is 300 g/mol. The van der Waals surface area contributed by atoms with Gasteiger partial charge in [-0.2, -0.15) is 5.10 Å². The molecule has 0 radical (unpaired) electrons. The first-order chi connectivity index (χ1) is 8.87. The second kappa shape index (κ2) is 6.43. The van der Waals surface area contributed by atoms with Gasteiger partial charge in [-0.05, 0) is 32.1 Å². The average Bonchev–Trinajstić information content (AvgIpc) is 2.75. The van der Waals surface area contributed by atoms with Crippen molar-refractivity contribution in [1.82, 2.24) is 15.1 Å². The second-order valence-corrected chi connectivity index (χ2v) is 6.61. The van der Waals surface area contributed by atoms with Crippen molar-refractivity contribution in [2.45, 2.75) is 6.42 Å². The molecule has 0 aliphatic rings. The number of sulfonamides is 1. The molecule has 6 nitrogen and oxygen atoms in total. The lowest BCUT2D eigenvalue weighted by Gasteiger charge is -2.11. The molecule has 0 spiro atoms. The summed E-state index contributed by atoms with van der Waals surface area (Å²) < 4.78 is 25.1. The molecule has 0 aliphatic carbocycles. The van der Waals surface area contributed by atoms with Gasteiger partial charge in [-0.3, -0.25) is 9.82 Å². The van der Waals surface area contributed by atoms with E-state index in [1.165, 1.54) is 0 Å². The van der Waals surface area contributed by atoms with E-state index in [2.05, 4.69) is 19.8 Å². The van der Waals surface area contributed by atoms with Crippen molar-refractivity contribution in [3.8, 4) is 0 Å². The van der Waals surface area contributed by atoms with Crippen LogP contribution in [0.1, 0.15) is 5.56 Å². The molecule has 2 rings (SSSR count). The molecule has 2 N–H and O–H groups in total. The molecule has 2 aromatic rings. The van der Waals surface area contributed by atoms with E-state index in [1.807, 2.05) is 20.2 Å². The minimum atomic E-state index is -3.29. The first kappa shape index (κ1) is 16.7. The molecule has 112 valence electrons. The van der Waals surface area contributed by atoms with Crippen LogP contribution >= 0.6 is 12.4 Å². The van der Waals surface area contributed by atoms with Crippen molar-refractivity contribution >= 4 is 39.0 Å². The highest BCUT2D eigenvalue weighted by Crippen LogP contribution is 2.25. The molecule has 1 aromatic carbocycles. The van der Waals surface area contributed by atoms with Crippen LogP contribution in [0.5, 0.6) is 0 Å². The number of benzene rings is 1. The molecule has 0 fully saturated rings. The van der Waals surface area contributed by atoms with E-state index in [1.54, 1.807) is 12.3 Å². The van der Waals surface area contributed by atoms with Gasteiger partial charge in [0.05, 0.1) is 23.7 Å². The van der Waals surface area contributed by atoms with Gasteiger partial charge in [0.15, 0.2) is 0 Å². The minimum absolute atomic E-state index is 0. The molecule has 1 heterocycles. The zero-order chi connectivity index (χ0) is 14.0. The Morgan fingerprint density at radius 3 is 2.65 bits per heavy atom. The minimum Gasteiger partial charge on any atom is -0.309 e. The fraction of sp³-hybridized carbons (Fsp3) is 0.417. The number of nitrogens with one attached hydrogen (secondary N) is 2. The standard InChI is InChI=1S/C12H18N4O2S.ClH/c1-16(2)7-6-9-4-5-11(15-19(3,17)18)12-10(9)8-13-14-12;/h4-5,8,15H,6-7H2,1-3H3,(H,13,14);1H. The number of rotatable bonds is 5. The largest absolute Gasteiger partial charge is 0.309 e. The Kier molecular flexibility index (Phi) is 5.38. The highest BCUT2D eigenvalue weighted by Gasteiger charge is 2.11. The summed E-state index contributed by atoms with van der Waals surface area (Å²) in [5.41, 5.74) is 2.40. The van der Waals surface area contributed by atoms with Crippen molar-refractivity contribution in [2.24, 2.45) is 0 Å². The SMILES string of the molecule is CN(C)CCc1ccc(NS(C)(=O)=O)c2[nH]ncc12.Cl. The van der Waals surface area contributed by atoms with Crippen LogP contribution in [0.2, 0.25) is 0 Å². The maximum atomic E-state index is 11.3. The lowest BCUT2D eigenvalue weighted by atomic mass is 10.1. The van der Waals surface area contributed by atoms with Gasteiger partial charge in [0, 0.05) is 11.9 Å². The predicted octanol–water partition coefficient (Wildman–Crippen LogP) is 1.46. The van der Waals surface area contributed by atoms with Crippen LogP contribution in [0.3, 0.4) is 0 Å². The molecule has 0 saturated heterocycles. The Morgan fingerprint density at radius 1 is 1.35 bits per heavy atom. The summed E-state index contributed by atoms with van der Waals surface area (Å²) in [5, 5.41) is 7.81. The number of hydrogen-bond acceptors (Lipinski definition) is 4. The summed E-state index contributed by atoms with van der Waals surface area (Å²) in [7, 11) is 0.749. The van der Waals surface area contributed by atoms with E-state index in [0.29, 0.717) is 5.69 Å². The number of anilines is 1. The van der Waals surface area contributed by atoms with Crippen molar-refractivity contribution in [1.29, 1.82) is 0 Å². The average molecular weight is 319 g/mol. The number of H-pyrrole nitrogens is 1. The summed E-state index contributed by atoms with van der Waals surface area (Å²) in [6.45, 7) is 0.930. The highest BCUT2D eigenvalue weighted by molar-refractivity contribution is 7.92. The van der Waals surface area contributed by atoms with Gasteiger partial charge in [0.25, 0.3) is 0 Å². The first-order valence-electron chi connectivity index (χ1n) is 5.94. The summed E-state index contributed by atoms with van der Waals surface area (Å²) in [5.74, 6) is 0. The van der Waals surface area contributed by atoms with Gasteiger partial charge in [-0.15, -0.1) is 12.4 Å². The van der Waals surface area contributed by atoms with Crippen LogP contribution < -0.4 is 4.72 Å². The van der Waals surface area contributed by atoms with Gasteiger partial charge >= 0.3 is 0 Å².